The second-order valence-corrected chi connectivity index (χ2v) is 6.40. The lowest BCUT2D eigenvalue weighted by Crippen LogP contribution is -2.47. The van der Waals surface area contributed by atoms with Gasteiger partial charge in [0.25, 0.3) is 5.91 Å². The van der Waals surface area contributed by atoms with Gasteiger partial charge in [-0.3, -0.25) is 9.59 Å². The van der Waals surface area contributed by atoms with Gasteiger partial charge in [0.1, 0.15) is 17.6 Å². The lowest BCUT2D eigenvalue weighted by atomic mass is 9.81. The minimum absolute atomic E-state index is 0.190. The summed E-state index contributed by atoms with van der Waals surface area (Å²) in [7, 11) is 1.53. The van der Waals surface area contributed by atoms with E-state index in [1.807, 2.05) is 0 Å². The molecule has 0 saturated heterocycles. The molecule has 0 bridgehead atoms. The minimum atomic E-state index is -0.823. The number of ether oxygens (including phenoxy) is 1. The van der Waals surface area contributed by atoms with Gasteiger partial charge >= 0.3 is 0 Å². The van der Waals surface area contributed by atoms with Gasteiger partial charge in [-0.1, -0.05) is 19.3 Å². The zero-order valence-corrected chi connectivity index (χ0v) is 14.9. The second kappa shape index (κ2) is 7.51. The van der Waals surface area contributed by atoms with E-state index in [9.17, 15) is 9.59 Å². The van der Waals surface area contributed by atoms with E-state index < -0.39 is 5.54 Å². The molecule has 1 heterocycles. The van der Waals surface area contributed by atoms with Crippen LogP contribution in [0.4, 0.5) is 11.4 Å². The molecule has 26 heavy (non-hydrogen) atoms. The Balaban J connectivity index is 1.91. The summed E-state index contributed by atoms with van der Waals surface area (Å²) in [5.41, 5.74) is 0.243. The molecule has 3 rings (SSSR count). The molecule has 9 nitrogen and oxygen atoms in total. The molecule has 138 valence electrons. The number of nitrogens with zero attached hydrogens (tertiary/aromatic N) is 4. The molecule has 1 aliphatic rings. The molecule has 2 N–H and O–H groups in total. The van der Waals surface area contributed by atoms with Crippen molar-refractivity contribution in [1.82, 2.24) is 20.2 Å². The van der Waals surface area contributed by atoms with E-state index in [-0.39, 0.29) is 11.8 Å². The third-order valence-electron chi connectivity index (χ3n) is 4.66. The van der Waals surface area contributed by atoms with Gasteiger partial charge in [0.15, 0.2) is 0 Å². The summed E-state index contributed by atoms with van der Waals surface area (Å²) in [5.74, 6) is 0.128. The van der Waals surface area contributed by atoms with Crippen LogP contribution in [0.15, 0.2) is 24.5 Å². The molecule has 2 amide bonds. The van der Waals surface area contributed by atoms with Gasteiger partial charge in [0.05, 0.1) is 12.8 Å². The van der Waals surface area contributed by atoms with E-state index in [0.717, 1.165) is 19.3 Å². The topological polar surface area (TPSA) is 111 Å². The molecule has 0 radical (unpaired) electrons. The van der Waals surface area contributed by atoms with Gasteiger partial charge in [0.2, 0.25) is 5.91 Å². The fourth-order valence-corrected chi connectivity index (χ4v) is 3.38. The molecule has 1 aromatic heterocycles. The van der Waals surface area contributed by atoms with E-state index in [1.165, 1.54) is 20.4 Å². The van der Waals surface area contributed by atoms with Crippen LogP contribution in [0.3, 0.4) is 0 Å². The maximum Gasteiger partial charge on any atom is 0.252 e. The lowest BCUT2D eigenvalue weighted by molar-refractivity contribution is -0.127. The maximum absolute atomic E-state index is 13.2. The maximum atomic E-state index is 13.2. The number of carbonyl (C=O) groups is 2. The van der Waals surface area contributed by atoms with Crippen LogP contribution in [0.1, 0.15) is 39.0 Å². The number of hydrogen-bond donors (Lipinski definition) is 2. The summed E-state index contributed by atoms with van der Waals surface area (Å²) in [6.45, 7) is 1.43. The fraction of sp³-hybridized carbons (Fsp3) is 0.471. The number of methoxy groups -OCH3 is 1. The first-order valence-electron chi connectivity index (χ1n) is 8.56. The van der Waals surface area contributed by atoms with Crippen molar-refractivity contribution in [3.8, 4) is 5.75 Å². The zero-order valence-electron chi connectivity index (χ0n) is 14.9. The lowest BCUT2D eigenvalue weighted by Gasteiger charge is -2.35. The third kappa shape index (κ3) is 3.51. The Kier molecular flexibility index (Phi) is 5.15. The Hall–Kier alpha value is -2.97. The molecule has 1 aromatic carbocycles. The summed E-state index contributed by atoms with van der Waals surface area (Å²) in [4.78, 5) is 24.5. The highest BCUT2D eigenvalue weighted by molar-refractivity contribution is 5.99. The third-order valence-corrected chi connectivity index (χ3v) is 4.66. The van der Waals surface area contributed by atoms with Crippen LogP contribution >= 0.6 is 0 Å². The van der Waals surface area contributed by atoms with Gasteiger partial charge in [-0.25, -0.2) is 4.68 Å². The molecule has 2 aromatic rings. The molecule has 0 aliphatic heterocycles. The molecule has 0 atom stereocenters. The summed E-state index contributed by atoms with van der Waals surface area (Å²) < 4.78 is 6.89. The number of aromatic nitrogens is 4. The summed E-state index contributed by atoms with van der Waals surface area (Å²) in [6.07, 6.45) is 5.75. The van der Waals surface area contributed by atoms with Crippen LogP contribution < -0.4 is 15.4 Å². The van der Waals surface area contributed by atoms with E-state index in [0.29, 0.717) is 30.0 Å². The Labute approximate surface area is 151 Å². The first kappa shape index (κ1) is 17.8. The monoisotopic (exact) mass is 358 g/mol. The quantitative estimate of drug-likeness (QED) is 0.845. The second-order valence-electron chi connectivity index (χ2n) is 6.40. The number of anilines is 2. The first-order chi connectivity index (χ1) is 12.5. The Bertz CT molecular complexity index is 784. The van der Waals surface area contributed by atoms with Crippen molar-refractivity contribution in [2.75, 3.05) is 17.7 Å². The van der Waals surface area contributed by atoms with Crippen molar-refractivity contribution < 1.29 is 14.3 Å². The van der Waals surface area contributed by atoms with Gasteiger partial charge in [-0.15, -0.1) is 5.10 Å². The number of carbonyl (C=O) groups excluding carboxylic acids is 2. The highest BCUT2D eigenvalue weighted by Gasteiger charge is 2.42. The van der Waals surface area contributed by atoms with Gasteiger partial charge in [-0.2, -0.15) is 0 Å². The van der Waals surface area contributed by atoms with Gasteiger partial charge in [-0.05, 0) is 41.5 Å². The Morgan fingerprint density at radius 3 is 2.58 bits per heavy atom. The predicted octanol–water partition coefficient (Wildman–Crippen LogP) is 1.94. The fourth-order valence-electron chi connectivity index (χ4n) is 3.38. The van der Waals surface area contributed by atoms with Crippen LogP contribution in [0.5, 0.6) is 5.75 Å². The molecule has 1 saturated carbocycles. The molecular weight excluding hydrogens is 336 g/mol. The smallest absolute Gasteiger partial charge is 0.252 e. The van der Waals surface area contributed by atoms with E-state index in [1.54, 1.807) is 22.9 Å². The van der Waals surface area contributed by atoms with E-state index in [4.69, 9.17) is 4.74 Å². The van der Waals surface area contributed by atoms with Crippen LogP contribution in [-0.4, -0.2) is 39.1 Å². The van der Waals surface area contributed by atoms with Crippen molar-refractivity contribution in [2.24, 2.45) is 0 Å². The average Bonchev–Trinajstić information content (AvgIpc) is 3.17. The summed E-state index contributed by atoms with van der Waals surface area (Å²) >= 11 is 0. The highest BCUT2D eigenvalue weighted by atomic mass is 16.5. The Morgan fingerprint density at radius 2 is 1.96 bits per heavy atom. The molecular formula is C17H22N6O3. The van der Waals surface area contributed by atoms with Gasteiger partial charge in [0, 0.05) is 12.6 Å². The van der Waals surface area contributed by atoms with Gasteiger partial charge < -0.3 is 15.4 Å². The number of tetrazole rings is 1. The van der Waals surface area contributed by atoms with Crippen molar-refractivity contribution in [3.63, 3.8) is 0 Å². The first-order valence-corrected chi connectivity index (χ1v) is 8.56. The van der Waals surface area contributed by atoms with Crippen molar-refractivity contribution in [1.29, 1.82) is 0 Å². The van der Waals surface area contributed by atoms with E-state index >= 15 is 0 Å². The number of amides is 2. The highest BCUT2D eigenvalue weighted by Crippen LogP contribution is 2.37. The van der Waals surface area contributed by atoms with Crippen LogP contribution in [-0.2, 0) is 15.1 Å². The largest absolute Gasteiger partial charge is 0.495 e. The number of rotatable bonds is 5. The van der Waals surface area contributed by atoms with Crippen LogP contribution in [0.2, 0.25) is 0 Å². The van der Waals surface area contributed by atoms with Crippen LogP contribution in [0, 0.1) is 0 Å². The van der Waals surface area contributed by atoms with Crippen molar-refractivity contribution in [2.45, 2.75) is 44.6 Å². The van der Waals surface area contributed by atoms with E-state index in [2.05, 4.69) is 26.2 Å². The SMILES string of the molecule is COc1ccc(NC(C)=O)cc1NC(=O)C1(n2cnnn2)CCCCC1. The number of nitrogens with one attached hydrogen (secondary N) is 2. The number of benzene rings is 1. The molecule has 9 heteroatoms. The minimum Gasteiger partial charge on any atom is -0.495 e. The molecule has 0 spiro atoms. The van der Waals surface area contributed by atoms with Crippen molar-refractivity contribution >= 4 is 23.2 Å². The number of hydrogen-bond acceptors (Lipinski definition) is 6. The summed E-state index contributed by atoms with van der Waals surface area (Å²) in [5, 5.41) is 17.0. The normalized spacial score (nSPS) is 15.9. The predicted molar refractivity (Wildman–Crippen MR) is 94.8 cm³/mol. The molecule has 1 fully saturated rings. The van der Waals surface area contributed by atoms with Crippen LogP contribution in [0.25, 0.3) is 0 Å². The molecule has 0 unspecified atom stereocenters. The molecule has 1 aliphatic carbocycles. The van der Waals surface area contributed by atoms with Crippen molar-refractivity contribution in [3.05, 3.63) is 24.5 Å². The standard InChI is InChI=1S/C17H22N6O3/c1-12(24)19-13-6-7-15(26-2)14(10-13)20-16(25)17(8-4-3-5-9-17)23-11-18-21-22-23/h6-7,10-11H,3-5,8-9H2,1-2H3,(H,19,24)(H,20,25). The Morgan fingerprint density at radius 1 is 1.19 bits per heavy atom. The average molecular weight is 358 g/mol. The summed E-state index contributed by atoms with van der Waals surface area (Å²) in [6, 6.07) is 5.09. The zero-order chi connectivity index (χ0) is 18.6.